The average molecular weight is 290 g/mol. The van der Waals surface area contributed by atoms with Crippen LogP contribution in [-0.4, -0.2) is 29.5 Å². The molecule has 1 aromatic rings. The van der Waals surface area contributed by atoms with E-state index in [2.05, 4.69) is 27.5 Å². The first-order valence-corrected chi connectivity index (χ1v) is 7.78. The summed E-state index contributed by atoms with van der Waals surface area (Å²) >= 11 is 0. The van der Waals surface area contributed by atoms with Crippen LogP contribution in [-0.2, 0) is 4.79 Å². The number of hydrogen-bond donors (Lipinski definition) is 2. The van der Waals surface area contributed by atoms with Crippen molar-refractivity contribution in [1.29, 1.82) is 0 Å². The van der Waals surface area contributed by atoms with Gasteiger partial charge in [-0.2, -0.15) is 0 Å². The van der Waals surface area contributed by atoms with Crippen LogP contribution in [0, 0.1) is 32.6 Å². The van der Waals surface area contributed by atoms with Gasteiger partial charge in [-0.15, -0.1) is 0 Å². The Morgan fingerprint density at radius 2 is 1.81 bits per heavy atom. The van der Waals surface area contributed by atoms with Crippen LogP contribution in [0.4, 0.5) is 5.82 Å². The lowest BCUT2D eigenvalue weighted by molar-refractivity contribution is -0.125. The minimum atomic E-state index is 0.194. The van der Waals surface area contributed by atoms with Gasteiger partial charge < -0.3 is 10.6 Å². The quantitative estimate of drug-likeness (QED) is 0.893. The zero-order chi connectivity index (χ0) is 15.4. The zero-order valence-electron chi connectivity index (χ0n) is 13.5. The number of aryl methyl sites for hydroxylation is 2. The smallest absolute Gasteiger partial charge is 0.222 e. The number of carbonyl (C=O) groups is 1. The molecule has 1 fully saturated rings. The molecule has 1 aliphatic carbocycles. The Kier molecular flexibility index (Phi) is 5.15. The van der Waals surface area contributed by atoms with Gasteiger partial charge in [-0.05, 0) is 52.4 Å². The number of hydrogen-bond acceptors (Lipinski definition) is 4. The van der Waals surface area contributed by atoms with E-state index in [9.17, 15) is 4.79 Å². The molecule has 21 heavy (non-hydrogen) atoms. The van der Waals surface area contributed by atoms with Crippen LogP contribution < -0.4 is 10.6 Å². The van der Waals surface area contributed by atoms with E-state index >= 15 is 0 Å². The number of amides is 1. The lowest BCUT2D eigenvalue weighted by Gasteiger charge is -2.27. The summed E-state index contributed by atoms with van der Waals surface area (Å²) in [6, 6.07) is 0. The zero-order valence-corrected chi connectivity index (χ0v) is 13.5. The van der Waals surface area contributed by atoms with Crippen molar-refractivity contribution in [3.05, 3.63) is 17.1 Å². The van der Waals surface area contributed by atoms with Gasteiger partial charge in [0.15, 0.2) is 0 Å². The number of nitrogens with one attached hydrogen (secondary N) is 2. The first-order valence-electron chi connectivity index (χ1n) is 7.78. The van der Waals surface area contributed by atoms with E-state index in [0.717, 1.165) is 55.1 Å². The summed E-state index contributed by atoms with van der Waals surface area (Å²) in [4.78, 5) is 20.5. The Morgan fingerprint density at radius 3 is 2.43 bits per heavy atom. The average Bonchev–Trinajstić information content (AvgIpc) is 2.49. The molecule has 0 bridgehead atoms. The predicted molar refractivity (Wildman–Crippen MR) is 84.2 cm³/mol. The molecular formula is C16H26N4O. The van der Waals surface area contributed by atoms with Gasteiger partial charge in [0.05, 0.1) is 0 Å². The molecule has 0 saturated heterocycles. The van der Waals surface area contributed by atoms with Crippen molar-refractivity contribution in [3.63, 3.8) is 0 Å². The molecule has 116 valence electrons. The molecule has 0 radical (unpaired) electrons. The van der Waals surface area contributed by atoms with Crippen LogP contribution in [0.5, 0.6) is 0 Å². The standard InChI is InChI=1S/C16H26N4O/c1-10-11(2)19-12(3)20-15(10)18-9-13-5-7-14(8-6-13)16(21)17-4/h13-14H,5-9H2,1-4H3,(H,17,21)(H,18,19,20). The Morgan fingerprint density at radius 1 is 1.14 bits per heavy atom. The Bertz CT molecular complexity index is 507. The molecule has 1 amide bonds. The van der Waals surface area contributed by atoms with Crippen molar-refractivity contribution in [1.82, 2.24) is 15.3 Å². The Balaban J connectivity index is 1.87. The third kappa shape index (κ3) is 3.93. The number of aromatic nitrogens is 2. The summed E-state index contributed by atoms with van der Waals surface area (Å²) < 4.78 is 0. The lowest BCUT2D eigenvalue weighted by atomic mass is 9.81. The molecule has 0 aromatic carbocycles. The van der Waals surface area contributed by atoms with Gasteiger partial charge in [-0.25, -0.2) is 9.97 Å². The van der Waals surface area contributed by atoms with Crippen LogP contribution >= 0.6 is 0 Å². The number of rotatable bonds is 4. The first kappa shape index (κ1) is 15.7. The second-order valence-electron chi connectivity index (χ2n) is 6.04. The van der Waals surface area contributed by atoms with Crippen molar-refractivity contribution in [3.8, 4) is 0 Å². The molecule has 1 saturated carbocycles. The second kappa shape index (κ2) is 6.87. The highest BCUT2D eigenvalue weighted by Crippen LogP contribution is 2.29. The van der Waals surface area contributed by atoms with E-state index in [1.54, 1.807) is 7.05 Å². The Hall–Kier alpha value is -1.65. The minimum Gasteiger partial charge on any atom is -0.369 e. The molecule has 0 aliphatic heterocycles. The van der Waals surface area contributed by atoms with Gasteiger partial charge in [0.25, 0.3) is 0 Å². The van der Waals surface area contributed by atoms with Crippen molar-refractivity contribution < 1.29 is 4.79 Å². The van der Waals surface area contributed by atoms with Crippen molar-refractivity contribution in [2.24, 2.45) is 11.8 Å². The molecule has 2 N–H and O–H groups in total. The number of anilines is 1. The lowest BCUT2D eigenvalue weighted by Crippen LogP contribution is -2.32. The van der Waals surface area contributed by atoms with Gasteiger partial charge >= 0.3 is 0 Å². The minimum absolute atomic E-state index is 0.194. The third-order valence-electron chi connectivity index (χ3n) is 4.52. The van der Waals surface area contributed by atoms with Gasteiger partial charge in [-0.1, -0.05) is 0 Å². The summed E-state index contributed by atoms with van der Waals surface area (Å²) in [5, 5.41) is 6.23. The summed E-state index contributed by atoms with van der Waals surface area (Å²) in [5.74, 6) is 2.79. The Labute approximate surface area is 127 Å². The maximum Gasteiger partial charge on any atom is 0.222 e. The van der Waals surface area contributed by atoms with Crippen molar-refractivity contribution in [2.75, 3.05) is 18.9 Å². The highest BCUT2D eigenvalue weighted by atomic mass is 16.1. The van der Waals surface area contributed by atoms with Gasteiger partial charge in [0, 0.05) is 30.8 Å². The van der Waals surface area contributed by atoms with E-state index < -0.39 is 0 Å². The van der Waals surface area contributed by atoms with E-state index in [4.69, 9.17) is 0 Å². The topological polar surface area (TPSA) is 66.9 Å². The summed E-state index contributed by atoms with van der Waals surface area (Å²) in [7, 11) is 1.72. The maximum atomic E-state index is 11.6. The molecule has 5 heteroatoms. The normalized spacial score (nSPS) is 21.9. The largest absolute Gasteiger partial charge is 0.369 e. The molecule has 0 spiro atoms. The van der Waals surface area contributed by atoms with Crippen molar-refractivity contribution >= 4 is 11.7 Å². The molecule has 5 nitrogen and oxygen atoms in total. The van der Waals surface area contributed by atoms with Crippen LogP contribution in [0.15, 0.2) is 0 Å². The summed E-state index contributed by atoms with van der Waals surface area (Å²) in [5.41, 5.74) is 2.16. The van der Waals surface area contributed by atoms with Crippen LogP contribution in [0.2, 0.25) is 0 Å². The maximum absolute atomic E-state index is 11.6. The summed E-state index contributed by atoms with van der Waals surface area (Å²) in [6.07, 6.45) is 4.19. The molecule has 0 atom stereocenters. The highest BCUT2D eigenvalue weighted by molar-refractivity contribution is 5.78. The highest BCUT2D eigenvalue weighted by Gasteiger charge is 2.25. The number of carbonyl (C=O) groups excluding carboxylic acids is 1. The fraction of sp³-hybridized carbons (Fsp3) is 0.688. The van der Waals surface area contributed by atoms with Crippen LogP contribution in [0.25, 0.3) is 0 Å². The molecule has 1 aromatic heterocycles. The fourth-order valence-electron chi connectivity index (χ4n) is 3.01. The monoisotopic (exact) mass is 290 g/mol. The number of nitrogens with zero attached hydrogens (tertiary/aromatic N) is 2. The SMILES string of the molecule is CNC(=O)C1CCC(CNc2nc(C)nc(C)c2C)CC1. The predicted octanol–water partition coefficient (Wildman–Crippen LogP) is 2.37. The fourth-order valence-corrected chi connectivity index (χ4v) is 3.01. The van der Waals surface area contributed by atoms with Crippen LogP contribution in [0.1, 0.15) is 42.8 Å². The second-order valence-corrected chi connectivity index (χ2v) is 6.04. The summed E-state index contributed by atoms with van der Waals surface area (Å²) in [6.45, 7) is 6.92. The first-order chi connectivity index (χ1) is 10.0. The van der Waals surface area contributed by atoms with E-state index in [1.807, 2.05) is 13.8 Å². The van der Waals surface area contributed by atoms with E-state index in [0.29, 0.717) is 5.92 Å². The molecular weight excluding hydrogens is 264 g/mol. The molecule has 1 aliphatic rings. The van der Waals surface area contributed by atoms with E-state index in [-0.39, 0.29) is 11.8 Å². The third-order valence-corrected chi connectivity index (χ3v) is 4.52. The molecule has 2 rings (SSSR count). The van der Waals surface area contributed by atoms with Gasteiger partial charge in [0.1, 0.15) is 11.6 Å². The van der Waals surface area contributed by atoms with Crippen LogP contribution in [0.3, 0.4) is 0 Å². The van der Waals surface area contributed by atoms with Gasteiger partial charge in [0.2, 0.25) is 5.91 Å². The molecule has 0 unspecified atom stereocenters. The van der Waals surface area contributed by atoms with Gasteiger partial charge in [-0.3, -0.25) is 4.79 Å². The van der Waals surface area contributed by atoms with Crippen molar-refractivity contribution in [2.45, 2.75) is 46.5 Å². The van der Waals surface area contributed by atoms with E-state index in [1.165, 1.54) is 0 Å². The molecule has 1 heterocycles.